The molecule has 0 fully saturated rings. The van der Waals surface area contributed by atoms with Gasteiger partial charge in [-0.2, -0.15) is 0 Å². The highest BCUT2D eigenvalue weighted by molar-refractivity contribution is 5.49. The normalized spacial score (nSPS) is 14.2. The van der Waals surface area contributed by atoms with E-state index in [0.717, 1.165) is 0 Å². The first-order valence-electron chi connectivity index (χ1n) is 5.43. The molecule has 5 heteroatoms. The second kappa shape index (κ2) is 5.14. The van der Waals surface area contributed by atoms with Crippen LogP contribution in [0.15, 0.2) is 12.1 Å². The van der Waals surface area contributed by atoms with E-state index in [-0.39, 0.29) is 11.8 Å². The molecule has 0 aliphatic rings. The Kier molecular flexibility index (Phi) is 4.07. The van der Waals surface area contributed by atoms with Gasteiger partial charge in [-0.15, -0.1) is 0 Å². The Hall–Kier alpha value is -1.62. The fourth-order valence-corrected chi connectivity index (χ4v) is 1.40. The summed E-state index contributed by atoms with van der Waals surface area (Å²) >= 11 is 0. The average molecular weight is 239 g/mol. The van der Waals surface area contributed by atoms with Gasteiger partial charge in [0.25, 0.3) is 5.69 Å². The molecular formula is C12H17NO4. The van der Waals surface area contributed by atoms with Crippen LogP contribution in [0, 0.1) is 24.0 Å². The van der Waals surface area contributed by atoms with Crippen LogP contribution in [-0.2, 0) is 0 Å². The summed E-state index contributed by atoms with van der Waals surface area (Å²) in [4.78, 5) is 10.3. The van der Waals surface area contributed by atoms with Crippen LogP contribution in [0.5, 0.6) is 5.75 Å². The van der Waals surface area contributed by atoms with Gasteiger partial charge < -0.3 is 9.84 Å². The summed E-state index contributed by atoms with van der Waals surface area (Å²) < 4.78 is 5.55. The summed E-state index contributed by atoms with van der Waals surface area (Å²) in [6.07, 6.45) is -0.945. The number of nitro groups is 1. The molecule has 5 nitrogen and oxygen atoms in total. The smallest absolute Gasteiger partial charge is 0.272 e. The first-order chi connectivity index (χ1) is 7.82. The van der Waals surface area contributed by atoms with Gasteiger partial charge in [0.15, 0.2) is 0 Å². The van der Waals surface area contributed by atoms with Gasteiger partial charge in [0.2, 0.25) is 0 Å². The molecule has 0 aliphatic carbocycles. The summed E-state index contributed by atoms with van der Waals surface area (Å²) in [6, 6.07) is 3.12. The van der Waals surface area contributed by atoms with Gasteiger partial charge in [-0.25, -0.2) is 0 Å². The Morgan fingerprint density at radius 1 is 1.29 bits per heavy atom. The Bertz CT molecular complexity index is 429. The lowest BCUT2D eigenvalue weighted by atomic mass is 10.1. The number of aryl methyl sites for hydroxylation is 2. The van der Waals surface area contributed by atoms with Crippen molar-refractivity contribution in [2.75, 3.05) is 0 Å². The molecule has 0 spiro atoms. The van der Waals surface area contributed by atoms with Gasteiger partial charge in [0.05, 0.1) is 11.0 Å². The zero-order valence-corrected chi connectivity index (χ0v) is 10.4. The number of hydrogen-bond acceptors (Lipinski definition) is 4. The number of benzene rings is 1. The number of aliphatic hydroxyl groups excluding tert-OH is 1. The van der Waals surface area contributed by atoms with Gasteiger partial charge >= 0.3 is 0 Å². The fraction of sp³-hybridized carbons (Fsp3) is 0.500. The first kappa shape index (κ1) is 13.4. The van der Waals surface area contributed by atoms with Crippen LogP contribution in [-0.4, -0.2) is 22.2 Å². The van der Waals surface area contributed by atoms with Crippen molar-refractivity contribution in [2.24, 2.45) is 0 Å². The van der Waals surface area contributed by atoms with Crippen molar-refractivity contribution in [3.63, 3.8) is 0 Å². The van der Waals surface area contributed by atoms with Gasteiger partial charge in [0, 0.05) is 11.6 Å². The lowest BCUT2D eigenvalue weighted by molar-refractivity contribution is -0.385. The van der Waals surface area contributed by atoms with E-state index in [1.807, 2.05) is 0 Å². The minimum Gasteiger partial charge on any atom is -0.488 e. The average Bonchev–Trinajstić information content (AvgIpc) is 2.22. The van der Waals surface area contributed by atoms with Crippen molar-refractivity contribution < 1.29 is 14.8 Å². The monoisotopic (exact) mass is 239 g/mol. The van der Waals surface area contributed by atoms with Gasteiger partial charge in [-0.1, -0.05) is 0 Å². The quantitative estimate of drug-likeness (QED) is 0.646. The van der Waals surface area contributed by atoms with Crippen LogP contribution in [0.1, 0.15) is 25.0 Å². The second-order valence-corrected chi connectivity index (χ2v) is 4.22. The molecule has 0 radical (unpaired) electrons. The summed E-state index contributed by atoms with van der Waals surface area (Å²) in [5.74, 6) is 0.571. The molecule has 0 saturated carbocycles. The number of nitrogens with zero attached hydrogens (tertiary/aromatic N) is 1. The number of ether oxygens (including phenoxy) is 1. The molecule has 94 valence electrons. The Morgan fingerprint density at radius 2 is 1.88 bits per heavy atom. The fourth-order valence-electron chi connectivity index (χ4n) is 1.40. The lowest BCUT2D eigenvalue weighted by Gasteiger charge is -2.19. The topological polar surface area (TPSA) is 72.6 Å². The van der Waals surface area contributed by atoms with Crippen molar-refractivity contribution in [2.45, 2.75) is 39.9 Å². The van der Waals surface area contributed by atoms with E-state index >= 15 is 0 Å². The van der Waals surface area contributed by atoms with Crippen LogP contribution in [0.3, 0.4) is 0 Å². The van der Waals surface area contributed by atoms with Crippen molar-refractivity contribution in [3.8, 4) is 5.75 Å². The lowest BCUT2D eigenvalue weighted by Crippen LogP contribution is -2.25. The Labute approximate surface area is 100 Å². The van der Waals surface area contributed by atoms with Crippen molar-refractivity contribution >= 4 is 5.69 Å². The maximum atomic E-state index is 10.7. The molecule has 0 bridgehead atoms. The molecule has 1 N–H and O–H groups in total. The third-order valence-electron chi connectivity index (χ3n) is 2.68. The second-order valence-electron chi connectivity index (χ2n) is 4.22. The van der Waals surface area contributed by atoms with Crippen LogP contribution in [0.2, 0.25) is 0 Å². The predicted octanol–water partition coefficient (Wildman–Crippen LogP) is 2.36. The van der Waals surface area contributed by atoms with E-state index in [1.165, 1.54) is 6.07 Å². The standard InChI is InChI=1S/C12H17NO4/c1-7-6-12(17-10(4)9(3)14)8(2)5-11(7)13(15)16/h5-6,9-10,14H,1-4H3. The van der Waals surface area contributed by atoms with Gasteiger partial charge in [-0.05, 0) is 39.3 Å². The SMILES string of the molecule is Cc1cc([N+](=O)[O-])c(C)cc1OC(C)C(C)O. The third-order valence-corrected chi connectivity index (χ3v) is 2.68. The minimum absolute atomic E-state index is 0.0829. The predicted molar refractivity (Wildman–Crippen MR) is 64.3 cm³/mol. The van der Waals surface area contributed by atoms with E-state index in [9.17, 15) is 15.2 Å². The van der Waals surface area contributed by atoms with E-state index in [4.69, 9.17) is 4.74 Å². The van der Waals surface area contributed by atoms with E-state index < -0.39 is 11.0 Å². The van der Waals surface area contributed by atoms with E-state index in [0.29, 0.717) is 16.9 Å². The number of aliphatic hydroxyl groups is 1. The molecule has 1 aromatic rings. The van der Waals surface area contributed by atoms with Crippen molar-refractivity contribution in [1.29, 1.82) is 0 Å². The van der Waals surface area contributed by atoms with Crippen molar-refractivity contribution in [3.05, 3.63) is 33.4 Å². The third kappa shape index (κ3) is 3.17. The van der Waals surface area contributed by atoms with Gasteiger partial charge in [0.1, 0.15) is 11.9 Å². The summed E-state index contributed by atoms with van der Waals surface area (Å²) in [7, 11) is 0. The van der Waals surface area contributed by atoms with Gasteiger partial charge in [-0.3, -0.25) is 10.1 Å². The maximum absolute atomic E-state index is 10.7. The number of rotatable bonds is 4. The van der Waals surface area contributed by atoms with Crippen LogP contribution in [0.25, 0.3) is 0 Å². The molecule has 2 atom stereocenters. The largest absolute Gasteiger partial charge is 0.488 e. The first-order valence-corrected chi connectivity index (χ1v) is 5.43. The zero-order chi connectivity index (χ0) is 13.2. The summed E-state index contributed by atoms with van der Waals surface area (Å²) in [5, 5.41) is 20.1. The molecule has 0 heterocycles. The Morgan fingerprint density at radius 3 is 2.35 bits per heavy atom. The maximum Gasteiger partial charge on any atom is 0.272 e. The molecule has 0 amide bonds. The molecule has 0 saturated heterocycles. The molecule has 1 aromatic carbocycles. The van der Waals surface area contributed by atoms with E-state index in [1.54, 1.807) is 33.8 Å². The molecule has 0 aliphatic heterocycles. The van der Waals surface area contributed by atoms with Crippen LogP contribution < -0.4 is 4.74 Å². The van der Waals surface area contributed by atoms with E-state index in [2.05, 4.69) is 0 Å². The minimum atomic E-state index is -0.593. The molecule has 0 aromatic heterocycles. The summed E-state index contributed by atoms with van der Waals surface area (Å²) in [5.41, 5.74) is 1.32. The highest BCUT2D eigenvalue weighted by atomic mass is 16.6. The highest BCUT2D eigenvalue weighted by Gasteiger charge is 2.17. The van der Waals surface area contributed by atoms with Crippen LogP contribution in [0.4, 0.5) is 5.69 Å². The molecule has 17 heavy (non-hydrogen) atoms. The molecule has 1 rings (SSSR count). The van der Waals surface area contributed by atoms with Crippen molar-refractivity contribution in [1.82, 2.24) is 0 Å². The number of nitro benzene ring substituents is 1. The zero-order valence-electron chi connectivity index (χ0n) is 10.4. The molecular weight excluding hydrogens is 222 g/mol. The molecule has 2 unspecified atom stereocenters. The number of hydrogen-bond donors (Lipinski definition) is 1. The highest BCUT2D eigenvalue weighted by Crippen LogP contribution is 2.28. The summed E-state index contributed by atoms with van der Waals surface area (Å²) in [6.45, 7) is 6.80. The van der Waals surface area contributed by atoms with Crippen LogP contribution >= 0.6 is 0 Å². The Balaban J connectivity index is 3.03.